The van der Waals surface area contributed by atoms with Crippen molar-refractivity contribution in [2.24, 2.45) is 0 Å². The van der Waals surface area contributed by atoms with Gasteiger partial charge in [0.25, 0.3) is 5.91 Å². The fourth-order valence-electron chi connectivity index (χ4n) is 1.50. The predicted molar refractivity (Wildman–Crippen MR) is 70.9 cm³/mol. The van der Waals surface area contributed by atoms with Crippen molar-refractivity contribution in [2.45, 2.75) is 13.8 Å². The van der Waals surface area contributed by atoms with Gasteiger partial charge in [-0.25, -0.2) is 4.98 Å². The van der Waals surface area contributed by atoms with E-state index >= 15 is 0 Å². The van der Waals surface area contributed by atoms with Gasteiger partial charge in [-0.05, 0) is 35.8 Å². The molecule has 18 heavy (non-hydrogen) atoms. The van der Waals surface area contributed by atoms with Crippen molar-refractivity contribution in [1.29, 1.82) is 0 Å². The van der Waals surface area contributed by atoms with Gasteiger partial charge in [-0.1, -0.05) is 16.8 Å². The van der Waals surface area contributed by atoms with E-state index in [0.717, 1.165) is 4.47 Å². The molecule has 1 N–H and O–H groups in total. The third-order valence-corrected chi connectivity index (χ3v) is 3.05. The summed E-state index contributed by atoms with van der Waals surface area (Å²) in [5, 5.41) is 6.62. The van der Waals surface area contributed by atoms with Gasteiger partial charge in [0.15, 0.2) is 5.15 Å². The number of amides is 1. The van der Waals surface area contributed by atoms with Gasteiger partial charge in [-0.15, -0.1) is 0 Å². The lowest BCUT2D eigenvalue weighted by atomic mass is 10.2. The number of aryl methyl sites for hydroxylation is 2. The molecule has 0 saturated heterocycles. The summed E-state index contributed by atoms with van der Waals surface area (Å²) in [6.45, 7) is 3.38. The van der Waals surface area contributed by atoms with E-state index in [2.05, 4.69) is 31.4 Å². The van der Waals surface area contributed by atoms with E-state index < -0.39 is 0 Å². The molecule has 5 nitrogen and oxygen atoms in total. The lowest BCUT2D eigenvalue weighted by Gasteiger charge is -2.06. The average molecular weight is 331 g/mol. The molecule has 0 aliphatic rings. The zero-order valence-electron chi connectivity index (χ0n) is 9.62. The van der Waals surface area contributed by atoms with Gasteiger partial charge in [-0.3, -0.25) is 4.79 Å². The molecule has 7 heteroatoms. The number of anilines is 1. The van der Waals surface area contributed by atoms with E-state index in [9.17, 15) is 4.79 Å². The Morgan fingerprint density at radius 1 is 1.50 bits per heavy atom. The first-order valence-corrected chi connectivity index (χ1v) is 6.21. The fourth-order valence-corrected chi connectivity index (χ4v) is 1.98. The smallest absolute Gasteiger partial charge is 0.261 e. The number of halogens is 2. The molecular formula is C11H9BrClN3O2. The fraction of sp³-hybridized carbons (Fsp3) is 0.182. The van der Waals surface area contributed by atoms with Gasteiger partial charge in [-0.2, -0.15) is 0 Å². The van der Waals surface area contributed by atoms with Gasteiger partial charge >= 0.3 is 0 Å². The Morgan fingerprint density at radius 2 is 2.22 bits per heavy atom. The number of pyridine rings is 1. The van der Waals surface area contributed by atoms with Crippen LogP contribution in [0.15, 0.2) is 21.3 Å². The quantitative estimate of drug-likeness (QED) is 0.857. The van der Waals surface area contributed by atoms with Crippen LogP contribution in [-0.2, 0) is 0 Å². The Hall–Kier alpha value is -1.40. The van der Waals surface area contributed by atoms with Gasteiger partial charge in [0, 0.05) is 10.7 Å². The molecule has 0 atom stereocenters. The van der Waals surface area contributed by atoms with Crippen LogP contribution in [0.25, 0.3) is 0 Å². The number of hydrogen-bond acceptors (Lipinski definition) is 4. The minimum Gasteiger partial charge on any atom is -0.361 e. The number of aromatic nitrogens is 2. The van der Waals surface area contributed by atoms with Crippen LogP contribution < -0.4 is 5.32 Å². The van der Waals surface area contributed by atoms with Crippen LogP contribution in [0.1, 0.15) is 21.8 Å². The third-order valence-electron chi connectivity index (χ3n) is 2.31. The number of carbonyl (C=O) groups is 1. The Balaban J connectivity index is 2.30. The molecule has 0 saturated carbocycles. The SMILES string of the molecule is Cc1noc(C)c1C(=O)Nc1cc(Br)cnc1Cl. The summed E-state index contributed by atoms with van der Waals surface area (Å²) in [6, 6.07) is 1.67. The number of nitrogens with zero attached hydrogens (tertiary/aromatic N) is 2. The number of hydrogen-bond donors (Lipinski definition) is 1. The van der Waals surface area contributed by atoms with Crippen LogP contribution in [0.3, 0.4) is 0 Å². The van der Waals surface area contributed by atoms with Crippen LogP contribution >= 0.6 is 27.5 Å². The van der Waals surface area contributed by atoms with Crippen molar-refractivity contribution in [2.75, 3.05) is 5.32 Å². The van der Waals surface area contributed by atoms with Crippen molar-refractivity contribution in [3.63, 3.8) is 0 Å². The topological polar surface area (TPSA) is 68.0 Å². The second-order valence-electron chi connectivity index (χ2n) is 3.65. The summed E-state index contributed by atoms with van der Waals surface area (Å²) in [5.41, 5.74) is 1.37. The van der Waals surface area contributed by atoms with Crippen molar-refractivity contribution in [3.05, 3.63) is 38.9 Å². The second kappa shape index (κ2) is 5.07. The maximum Gasteiger partial charge on any atom is 0.261 e. The summed E-state index contributed by atoms with van der Waals surface area (Å²) in [7, 11) is 0. The van der Waals surface area contributed by atoms with Crippen molar-refractivity contribution in [3.8, 4) is 0 Å². The lowest BCUT2D eigenvalue weighted by Crippen LogP contribution is -2.14. The van der Waals surface area contributed by atoms with Gasteiger partial charge in [0.05, 0.1) is 11.4 Å². The maximum atomic E-state index is 12.1. The van der Waals surface area contributed by atoms with Gasteiger partial charge in [0.1, 0.15) is 11.3 Å². The predicted octanol–water partition coefficient (Wildman–Crippen LogP) is 3.35. The maximum absolute atomic E-state index is 12.1. The third kappa shape index (κ3) is 2.54. The van der Waals surface area contributed by atoms with Gasteiger partial charge in [0.2, 0.25) is 0 Å². The summed E-state index contributed by atoms with van der Waals surface area (Å²) < 4.78 is 5.66. The minimum atomic E-state index is -0.326. The van der Waals surface area contributed by atoms with Crippen LogP contribution in [0.2, 0.25) is 5.15 Å². The van der Waals surface area contributed by atoms with E-state index in [4.69, 9.17) is 16.1 Å². The molecule has 0 bridgehead atoms. The van der Waals surface area contributed by atoms with Crippen molar-refractivity contribution < 1.29 is 9.32 Å². The van der Waals surface area contributed by atoms with Crippen LogP contribution in [-0.4, -0.2) is 16.0 Å². The molecule has 0 radical (unpaired) electrons. The Kier molecular flexibility index (Phi) is 3.68. The van der Waals surface area contributed by atoms with Crippen molar-refractivity contribution >= 4 is 39.1 Å². The summed E-state index contributed by atoms with van der Waals surface area (Å²) in [4.78, 5) is 16.0. The van der Waals surface area contributed by atoms with Crippen LogP contribution in [0, 0.1) is 13.8 Å². The highest BCUT2D eigenvalue weighted by Crippen LogP contribution is 2.24. The van der Waals surface area contributed by atoms with E-state index in [-0.39, 0.29) is 11.1 Å². The monoisotopic (exact) mass is 329 g/mol. The second-order valence-corrected chi connectivity index (χ2v) is 4.92. The molecule has 0 aliphatic carbocycles. The highest BCUT2D eigenvalue weighted by molar-refractivity contribution is 9.10. The molecule has 2 aromatic rings. The highest BCUT2D eigenvalue weighted by atomic mass is 79.9. The Morgan fingerprint density at radius 3 is 2.83 bits per heavy atom. The van der Waals surface area contributed by atoms with E-state index in [1.807, 2.05) is 0 Å². The first-order chi connectivity index (χ1) is 8.49. The van der Waals surface area contributed by atoms with E-state index in [1.54, 1.807) is 26.1 Å². The van der Waals surface area contributed by atoms with E-state index in [0.29, 0.717) is 22.7 Å². The normalized spacial score (nSPS) is 10.4. The number of rotatable bonds is 2. The Labute approximate surface area is 117 Å². The molecule has 0 aliphatic heterocycles. The first kappa shape index (κ1) is 13.0. The standard InChI is InChI=1S/C11H9BrClN3O2/c1-5-9(6(2)18-16-5)11(17)15-8-3-7(12)4-14-10(8)13/h3-4H,1-2H3,(H,15,17). The molecule has 94 valence electrons. The number of nitrogens with one attached hydrogen (secondary N) is 1. The molecule has 2 aromatic heterocycles. The molecule has 0 fully saturated rings. The summed E-state index contributed by atoms with van der Waals surface area (Å²) >= 11 is 9.16. The lowest BCUT2D eigenvalue weighted by molar-refractivity contribution is 0.102. The summed E-state index contributed by atoms with van der Waals surface area (Å²) in [6.07, 6.45) is 1.55. The molecular weight excluding hydrogens is 321 g/mol. The average Bonchev–Trinajstić information content (AvgIpc) is 2.63. The summed E-state index contributed by atoms with van der Waals surface area (Å²) in [5.74, 6) is 0.136. The molecule has 1 amide bonds. The Bertz CT molecular complexity index is 593. The minimum absolute atomic E-state index is 0.221. The largest absolute Gasteiger partial charge is 0.361 e. The molecule has 0 spiro atoms. The van der Waals surface area contributed by atoms with Crippen molar-refractivity contribution in [1.82, 2.24) is 10.1 Å². The zero-order chi connectivity index (χ0) is 13.3. The van der Waals surface area contributed by atoms with Crippen LogP contribution in [0.5, 0.6) is 0 Å². The van der Waals surface area contributed by atoms with Gasteiger partial charge < -0.3 is 9.84 Å². The van der Waals surface area contributed by atoms with Crippen LogP contribution in [0.4, 0.5) is 5.69 Å². The highest BCUT2D eigenvalue weighted by Gasteiger charge is 2.18. The molecule has 0 unspecified atom stereocenters. The first-order valence-electron chi connectivity index (χ1n) is 5.04. The number of carbonyl (C=O) groups excluding carboxylic acids is 1. The molecule has 0 aromatic carbocycles. The molecule has 2 rings (SSSR count). The van der Waals surface area contributed by atoms with E-state index in [1.165, 1.54) is 0 Å². The zero-order valence-corrected chi connectivity index (χ0v) is 12.0. The molecule has 2 heterocycles.